The topological polar surface area (TPSA) is 90.7 Å². The first-order valence-electron chi connectivity index (χ1n) is 9.27. The van der Waals surface area contributed by atoms with Gasteiger partial charge in [-0.15, -0.1) is 0 Å². The van der Waals surface area contributed by atoms with Gasteiger partial charge in [-0.05, 0) is 25.5 Å². The fraction of sp³-hybridized carbons (Fsp3) is 0.227. The second kappa shape index (κ2) is 9.54. The molecule has 150 valence electrons. The van der Waals surface area contributed by atoms with Crippen molar-refractivity contribution in [3.63, 3.8) is 0 Å². The van der Waals surface area contributed by atoms with Gasteiger partial charge in [-0.1, -0.05) is 60.1 Å². The van der Waals surface area contributed by atoms with Gasteiger partial charge in [-0.2, -0.15) is 0 Å². The summed E-state index contributed by atoms with van der Waals surface area (Å²) in [4.78, 5) is 24.2. The van der Waals surface area contributed by atoms with Gasteiger partial charge in [-0.3, -0.25) is 10.1 Å². The quantitative estimate of drug-likeness (QED) is 0.581. The van der Waals surface area contributed by atoms with Crippen molar-refractivity contribution in [1.82, 2.24) is 5.16 Å². The number of aromatic nitrogens is 1. The zero-order valence-corrected chi connectivity index (χ0v) is 16.3. The number of carbonyl (C=O) groups excluding carboxylic acids is 2. The number of nitrogens with one attached hydrogen (secondary N) is 1. The van der Waals surface area contributed by atoms with Crippen LogP contribution < -0.4 is 10.1 Å². The largest absolute Gasteiger partial charge is 0.479 e. The molecule has 3 aromatic rings. The van der Waals surface area contributed by atoms with Gasteiger partial charge in [0.2, 0.25) is 5.88 Å². The van der Waals surface area contributed by atoms with Gasteiger partial charge >= 0.3 is 5.97 Å². The van der Waals surface area contributed by atoms with Gasteiger partial charge in [0.15, 0.2) is 12.7 Å². The molecule has 0 aliphatic carbocycles. The lowest BCUT2D eigenvalue weighted by Crippen LogP contribution is -2.31. The summed E-state index contributed by atoms with van der Waals surface area (Å²) in [5, 5.41) is 6.45. The standard InChI is InChI=1S/C22H22N2O5/c1-3-19(28-17-7-5-4-6-8-17)22(26)27-14-20(25)23-21-13-18(24-29-21)16-11-9-15(2)10-12-16/h4-13,19H,3,14H2,1-2H3,(H,23,25)/t19-/m0/s1. The summed E-state index contributed by atoms with van der Waals surface area (Å²) < 4.78 is 15.8. The average molecular weight is 394 g/mol. The van der Waals surface area contributed by atoms with E-state index in [0.717, 1.165) is 11.1 Å². The Morgan fingerprint density at radius 1 is 1.10 bits per heavy atom. The van der Waals surface area contributed by atoms with E-state index in [1.165, 1.54) is 0 Å². The molecule has 1 heterocycles. The van der Waals surface area contributed by atoms with Gasteiger partial charge in [-0.25, -0.2) is 4.79 Å². The van der Waals surface area contributed by atoms with Gasteiger partial charge in [0.1, 0.15) is 11.4 Å². The Kier molecular flexibility index (Phi) is 6.63. The molecule has 2 aromatic carbocycles. The maximum atomic E-state index is 12.2. The number of esters is 1. The predicted molar refractivity (Wildman–Crippen MR) is 107 cm³/mol. The fourth-order valence-electron chi connectivity index (χ4n) is 2.56. The number of ether oxygens (including phenoxy) is 2. The van der Waals surface area contributed by atoms with Crippen LogP contribution in [0.15, 0.2) is 65.2 Å². The SMILES string of the molecule is CC[C@H](Oc1ccccc1)C(=O)OCC(=O)Nc1cc(-c2ccc(C)cc2)no1. The normalized spacial score (nSPS) is 11.5. The number of amides is 1. The van der Waals surface area contributed by atoms with Crippen molar-refractivity contribution in [3.8, 4) is 17.0 Å². The van der Waals surface area contributed by atoms with E-state index < -0.39 is 24.6 Å². The molecule has 1 aromatic heterocycles. The molecule has 0 radical (unpaired) electrons. The summed E-state index contributed by atoms with van der Waals surface area (Å²) in [5.74, 6) is -0.399. The third-order valence-corrected chi connectivity index (χ3v) is 4.12. The van der Waals surface area contributed by atoms with Crippen molar-refractivity contribution in [3.05, 3.63) is 66.2 Å². The Balaban J connectivity index is 1.50. The molecule has 7 nitrogen and oxygen atoms in total. The lowest BCUT2D eigenvalue weighted by Gasteiger charge is -2.16. The van der Waals surface area contributed by atoms with Crippen molar-refractivity contribution in [2.45, 2.75) is 26.4 Å². The van der Waals surface area contributed by atoms with Gasteiger partial charge < -0.3 is 14.0 Å². The van der Waals surface area contributed by atoms with Crippen molar-refractivity contribution in [2.75, 3.05) is 11.9 Å². The van der Waals surface area contributed by atoms with Crippen LogP contribution in [0, 0.1) is 6.92 Å². The number of aryl methyl sites for hydroxylation is 1. The first-order chi connectivity index (χ1) is 14.0. The van der Waals surface area contributed by atoms with Crippen molar-refractivity contribution in [1.29, 1.82) is 0 Å². The molecular weight excluding hydrogens is 372 g/mol. The fourth-order valence-corrected chi connectivity index (χ4v) is 2.56. The first kappa shape index (κ1) is 20.1. The molecular formula is C22H22N2O5. The van der Waals surface area contributed by atoms with Crippen LogP contribution in [0.2, 0.25) is 0 Å². The van der Waals surface area contributed by atoms with E-state index in [2.05, 4.69) is 10.5 Å². The Morgan fingerprint density at radius 2 is 1.83 bits per heavy atom. The van der Waals surface area contributed by atoms with E-state index >= 15 is 0 Å². The van der Waals surface area contributed by atoms with Crippen LogP contribution in [0.4, 0.5) is 5.88 Å². The van der Waals surface area contributed by atoms with E-state index in [1.54, 1.807) is 25.1 Å². The van der Waals surface area contributed by atoms with E-state index in [1.807, 2.05) is 49.4 Å². The number of para-hydroxylation sites is 1. The average Bonchev–Trinajstić information content (AvgIpc) is 3.20. The number of carbonyl (C=O) groups is 2. The molecule has 1 amide bonds. The minimum absolute atomic E-state index is 0.175. The Labute approximate surface area is 168 Å². The van der Waals surface area contributed by atoms with Gasteiger partial charge in [0, 0.05) is 11.6 Å². The second-order valence-corrected chi connectivity index (χ2v) is 6.43. The number of hydrogen-bond donors (Lipinski definition) is 1. The van der Waals surface area contributed by atoms with E-state index in [9.17, 15) is 9.59 Å². The van der Waals surface area contributed by atoms with E-state index in [0.29, 0.717) is 17.9 Å². The van der Waals surface area contributed by atoms with Crippen molar-refractivity contribution >= 4 is 17.8 Å². The molecule has 29 heavy (non-hydrogen) atoms. The highest BCUT2D eigenvalue weighted by atomic mass is 16.6. The van der Waals surface area contributed by atoms with Crippen LogP contribution in [0.3, 0.4) is 0 Å². The monoisotopic (exact) mass is 394 g/mol. The molecule has 0 spiro atoms. The van der Waals surface area contributed by atoms with Crippen LogP contribution in [-0.2, 0) is 14.3 Å². The molecule has 0 unspecified atom stereocenters. The highest BCUT2D eigenvalue weighted by Gasteiger charge is 2.21. The molecule has 0 bridgehead atoms. The molecule has 0 saturated heterocycles. The van der Waals surface area contributed by atoms with Crippen LogP contribution in [0.25, 0.3) is 11.3 Å². The first-order valence-corrected chi connectivity index (χ1v) is 9.27. The highest BCUT2D eigenvalue weighted by molar-refractivity contribution is 5.92. The van der Waals surface area contributed by atoms with Crippen LogP contribution in [0.5, 0.6) is 5.75 Å². The second-order valence-electron chi connectivity index (χ2n) is 6.43. The van der Waals surface area contributed by atoms with Crippen molar-refractivity contribution in [2.24, 2.45) is 0 Å². The minimum Gasteiger partial charge on any atom is -0.479 e. The summed E-state index contributed by atoms with van der Waals surface area (Å²) in [6, 6.07) is 18.3. The summed E-state index contributed by atoms with van der Waals surface area (Å²) in [6.07, 6.45) is -0.374. The summed E-state index contributed by atoms with van der Waals surface area (Å²) in [6.45, 7) is 3.34. The summed E-state index contributed by atoms with van der Waals surface area (Å²) in [5.41, 5.74) is 2.60. The molecule has 0 saturated carbocycles. The Morgan fingerprint density at radius 3 is 2.52 bits per heavy atom. The van der Waals surface area contributed by atoms with Crippen molar-refractivity contribution < 1.29 is 23.6 Å². The number of nitrogens with zero attached hydrogens (tertiary/aromatic N) is 1. The number of hydrogen-bond acceptors (Lipinski definition) is 6. The zero-order chi connectivity index (χ0) is 20.6. The van der Waals surface area contributed by atoms with Crippen LogP contribution >= 0.6 is 0 Å². The maximum absolute atomic E-state index is 12.2. The number of benzene rings is 2. The van der Waals surface area contributed by atoms with Gasteiger partial charge in [0.05, 0.1) is 0 Å². The molecule has 3 rings (SSSR count). The lowest BCUT2D eigenvalue weighted by molar-refractivity contribution is -0.154. The number of rotatable bonds is 8. The minimum atomic E-state index is -0.788. The molecule has 0 aliphatic rings. The molecule has 0 fully saturated rings. The number of anilines is 1. The third kappa shape index (κ3) is 5.68. The molecule has 1 N–H and O–H groups in total. The van der Waals surface area contributed by atoms with Crippen LogP contribution in [0.1, 0.15) is 18.9 Å². The lowest BCUT2D eigenvalue weighted by atomic mass is 10.1. The Hall–Kier alpha value is -3.61. The van der Waals surface area contributed by atoms with E-state index in [-0.39, 0.29) is 5.88 Å². The Bertz CT molecular complexity index is 951. The summed E-state index contributed by atoms with van der Waals surface area (Å²) >= 11 is 0. The zero-order valence-electron chi connectivity index (χ0n) is 16.3. The third-order valence-electron chi connectivity index (χ3n) is 4.12. The van der Waals surface area contributed by atoms with Crippen LogP contribution in [-0.4, -0.2) is 29.7 Å². The summed E-state index contributed by atoms with van der Waals surface area (Å²) in [7, 11) is 0. The van der Waals surface area contributed by atoms with Gasteiger partial charge in [0.25, 0.3) is 5.91 Å². The smallest absolute Gasteiger partial charge is 0.347 e. The highest BCUT2D eigenvalue weighted by Crippen LogP contribution is 2.22. The maximum Gasteiger partial charge on any atom is 0.347 e. The van der Waals surface area contributed by atoms with E-state index in [4.69, 9.17) is 14.0 Å². The molecule has 7 heteroatoms. The predicted octanol–water partition coefficient (Wildman–Crippen LogP) is 3.99. The molecule has 1 atom stereocenters. The molecule has 0 aliphatic heterocycles.